The van der Waals surface area contributed by atoms with E-state index in [9.17, 15) is 14.0 Å². The molecule has 1 aromatic carbocycles. The molecule has 1 saturated heterocycles. The highest BCUT2D eigenvalue weighted by Gasteiger charge is 2.26. The fourth-order valence-corrected chi connectivity index (χ4v) is 2.33. The molecular formula is C13H13FN4O3. The molecule has 8 heteroatoms. The minimum atomic E-state index is -0.985. The molecule has 1 aromatic heterocycles. The minimum absolute atomic E-state index is 0.138. The third-order valence-electron chi connectivity index (χ3n) is 3.48. The number of H-pyrrole nitrogens is 1. The van der Waals surface area contributed by atoms with E-state index in [-0.39, 0.29) is 24.8 Å². The lowest BCUT2D eigenvalue weighted by Crippen LogP contribution is -2.50. The average molecular weight is 292 g/mol. The number of amides is 2. The van der Waals surface area contributed by atoms with Crippen molar-refractivity contribution in [3.05, 3.63) is 29.8 Å². The van der Waals surface area contributed by atoms with Crippen molar-refractivity contribution in [2.24, 2.45) is 0 Å². The quantitative estimate of drug-likeness (QED) is 0.824. The van der Waals surface area contributed by atoms with Crippen LogP contribution in [0, 0.1) is 5.82 Å². The second-order valence-electron chi connectivity index (χ2n) is 4.81. The first-order chi connectivity index (χ1) is 10.0. The Bertz CT molecular complexity index is 707. The first-order valence-corrected chi connectivity index (χ1v) is 6.47. The van der Waals surface area contributed by atoms with Crippen molar-refractivity contribution in [3.8, 4) is 0 Å². The number of aromatic amines is 1. The molecule has 3 rings (SSSR count). The van der Waals surface area contributed by atoms with Crippen molar-refractivity contribution in [1.29, 1.82) is 0 Å². The number of aromatic nitrogens is 2. The molecule has 2 N–H and O–H groups in total. The van der Waals surface area contributed by atoms with Gasteiger partial charge in [-0.15, -0.1) is 0 Å². The van der Waals surface area contributed by atoms with Crippen LogP contribution in [0.25, 0.3) is 11.0 Å². The number of nitrogens with one attached hydrogen (secondary N) is 1. The fourth-order valence-electron chi connectivity index (χ4n) is 2.33. The van der Waals surface area contributed by atoms with Gasteiger partial charge in [0.1, 0.15) is 5.82 Å². The number of hydrogen-bond acceptors (Lipinski definition) is 3. The van der Waals surface area contributed by atoms with Crippen LogP contribution in [0.1, 0.15) is 10.6 Å². The molecule has 0 bridgehead atoms. The van der Waals surface area contributed by atoms with E-state index in [1.165, 1.54) is 28.0 Å². The van der Waals surface area contributed by atoms with E-state index in [4.69, 9.17) is 5.11 Å². The molecular weight excluding hydrogens is 279 g/mol. The van der Waals surface area contributed by atoms with Crippen molar-refractivity contribution in [1.82, 2.24) is 19.8 Å². The van der Waals surface area contributed by atoms with Gasteiger partial charge in [-0.2, -0.15) is 0 Å². The lowest BCUT2D eigenvalue weighted by Gasteiger charge is -2.32. The van der Waals surface area contributed by atoms with Gasteiger partial charge in [0.2, 0.25) is 0 Å². The predicted molar refractivity (Wildman–Crippen MR) is 71.6 cm³/mol. The SMILES string of the molecule is O=C(O)N1CCN(C(=O)c2nc3ccc(F)cc3[nH]2)CC1. The Morgan fingerprint density at radius 3 is 2.52 bits per heavy atom. The van der Waals surface area contributed by atoms with Crippen LogP contribution in [0.5, 0.6) is 0 Å². The largest absolute Gasteiger partial charge is 0.465 e. The topological polar surface area (TPSA) is 89.5 Å². The Hall–Kier alpha value is -2.64. The molecule has 0 spiro atoms. The maximum atomic E-state index is 13.1. The number of rotatable bonds is 1. The second kappa shape index (κ2) is 5.04. The highest BCUT2D eigenvalue weighted by atomic mass is 19.1. The summed E-state index contributed by atoms with van der Waals surface area (Å²) in [5.74, 6) is -0.573. The number of carbonyl (C=O) groups excluding carboxylic acids is 1. The first kappa shape index (κ1) is 13.3. The Labute approximate surface area is 119 Å². The van der Waals surface area contributed by atoms with Crippen LogP contribution in [-0.2, 0) is 0 Å². The van der Waals surface area contributed by atoms with Crippen molar-refractivity contribution >= 4 is 23.0 Å². The summed E-state index contributed by atoms with van der Waals surface area (Å²) in [6.45, 7) is 1.18. The highest BCUT2D eigenvalue weighted by molar-refractivity contribution is 5.94. The van der Waals surface area contributed by atoms with E-state index < -0.39 is 11.9 Å². The smallest absolute Gasteiger partial charge is 0.407 e. The summed E-state index contributed by atoms with van der Waals surface area (Å²) in [4.78, 5) is 32.9. The second-order valence-corrected chi connectivity index (χ2v) is 4.81. The first-order valence-electron chi connectivity index (χ1n) is 6.47. The zero-order chi connectivity index (χ0) is 15.0. The monoisotopic (exact) mass is 292 g/mol. The van der Waals surface area contributed by atoms with Crippen LogP contribution >= 0.6 is 0 Å². The third-order valence-corrected chi connectivity index (χ3v) is 3.48. The van der Waals surface area contributed by atoms with Crippen LogP contribution in [-0.4, -0.2) is 63.1 Å². The molecule has 110 valence electrons. The number of fused-ring (bicyclic) bond motifs is 1. The third kappa shape index (κ3) is 2.51. The van der Waals surface area contributed by atoms with Gasteiger partial charge in [-0.05, 0) is 18.2 Å². The molecule has 0 radical (unpaired) electrons. The Morgan fingerprint density at radius 1 is 1.19 bits per heavy atom. The van der Waals surface area contributed by atoms with Gasteiger partial charge in [0.25, 0.3) is 5.91 Å². The Balaban J connectivity index is 1.76. The minimum Gasteiger partial charge on any atom is -0.465 e. The predicted octanol–water partition coefficient (Wildman–Crippen LogP) is 1.14. The van der Waals surface area contributed by atoms with E-state index >= 15 is 0 Å². The van der Waals surface area contributed by atoms with Crippen molar-refractivity contribution in [3.63, 3.8) is 0 Å². The van der Waals surface area contributed by atoms with Gasteiger partial charge in [-0.25, -0.2) is 14.2 Å². The van der Waals surface area contributed by atoms with Crippen molar-refractivity contribution in [2.75, 3.05) is 26.2 Å². The molecule has 0 aliphatic carbocycles. The van der Waals surface area contributed by atoms with E-state index in [1.54, 1.807) is 0 Å². The van der Waals surface area contributed by atoms with Gasteiger partial charge >= 0.3 is 6.09 Å². The summed E-state index contributed by atoms with van der Waals surface area (Å²) in [5, 5.41) is 8.87. The van der Waals surface area contributed by atoms with Crippen molar-refractivity contribution < 1.29 is 19.1 Å². The summed E-state index contributed by atoms with van der Waals surface area (Å²) < 4.78 is 13.1. The van der Waals surface area contributed by atoms with E-state index in [1.807, 2.05) is 0 Å². The summed E-state index contributed by atoms with van der Waals surface area (Å²) in [6.07, 6.45) is -0.985. The van der Waals surface area contributed by atoms with Crippen LogP contribution < -0.4 is 0 Å². The van der Waals surface area contributed by atoms with Crippen LogP contribution in [0.4, 0.5) is 9.18 Å². The number of carbonyl (C=O) groups is 2. The van der Waals surface area contributed by atoms with Crippen LogP contribution in [0.2, 0.25) is 0 Å². The standard InChI is InChI=1S/C13H13FN4O3/c14-8-1-2-9-10(7-8)16-11(15-9)12(19)17-3-5-18(6-4-17)13(20)21/h1-2,7H,3-6H2,(H,15,16)(H,20,21). The summed E-state index contributed by atoms with van der Waals surface area (Å²) in [6, 6.07) is 4.06. The lowest BCUT2D eigenvalue weighted by atomic mass is 10.3. The summed E-state index contributed by atoms with van der Waals surface area (Å²) in [7, 11) is 0. The molecule has 21 heavy (non-hydrogen) atoms. The zero-order valence-corrected chi connectivity index (χ0v) is 11.0. The molecule has 2 heterocycles. The van der Waals surface area contributed by atoms with E-state index in [0.717, 1.165) is 0 Å². The molecule has 0 atom stereocenters. The van der Waals surface area contributed by atoms with Gasteiger partial charge < -0.3 is 19.9 Å². The molecule has 1 aliphatic rings. The van der Waals surface area contributed by atoms with Gasteiger partial charge in [-0.3, -0.25) is 4.79 Å². The number of benzene rings is 1. The number of carboxylic acid groups (broad SMARTS) is 1. The molecule has 7 nitrogen and oxygen atoms in total. The lowest BCUT2D eigenvalue weighted by molar-refractivity contribution is 0.0615. The van der Waals surface area contributed by atoms with Gasteiger partial charge in [0.15, 0.2) is 5.82 Å². The fraction of sp³-hybridized carbons (Fsp3) is 0.308. The van der Waals surface area contributed by atoms with E-state index in [2.05, 4.69) is 9.97 Å². The summed E-state index contributed by atoms with van der Waals surface area (Å²) >= 11 is 0. The molecule has 1 fully saturated rings. The molecule has 2 amide bonds. The Morgan fingerprint density at radius 2 is 1.86 bits per heavy atom. The zero-order valence-electron chi connectivity index (χ0n) is 11.0. The maximum absolute atomic E-state index is 13.1. The molecule has 1 aliphatic heterocycles. The van der Waals surface area contributed by atoms with Gasteiger partial charge in [0.05, 0.1) is 11.0 Å². The molecule has 2 aromatic rings. The number of halogens is 1. The average Bonchev–Trinajstić information content (AvgIpc) is 2.89. The molecule has 0 unspecified atom stereocenters. The Kier molecular flexibility index (Phi) is 3.20. The van der Waals surface area contributed by atoms with Crippen LogP contribution in [0.3, 0.4) is 0 Å². The number of piperazine rings is 1. The number of hydrogen-bond donors (Lipinski definition) is 2. The van der Waals surface area contributed by atoms with Crippen molar-refractivity contribution in [2.45, 2.75) is 0 Å². The normalized spacial score (nSPS) is 15.5. The van der Waals surface area contributed by atoms with E-state index in [0.29, 0.717) is 24.1 Å². The number of nitrogens with zero attached hydrogens (tertiary/aromatic N) is 3. The molecule has 0 saturated carbocycles. The van der Waals surface area contributed by atoms with Gasteiger partial charge in [-0.1, -0.05) is 0 Å². The highest BCUT2D eigenvalue weighted by Crippen LogP contribution is 2.15. The summed E-state index contributed by atoms with van der Waals surface area (Å²) in [5.41, 5.74) is 0.978. The maximum Gasteiger partial charge on any atom is 0.407 e. The number of imidazole rings is 1. The van der Waals surface area contributed by atoms with Gasteiger partial charge in [0, 0.05) is 26.2 Å². The van der Waals surface area contributed by atoms with Crippen LogP contribution in [0.15, 0.2) is 18.2 Å².